The van der Waals surface area contributed by atoms with Gasteiger partial charge in [-0.05, 0) is 44.5 Å². The maximum atomic E-state index is 13.7. The Balaban J connectivity index is 2.49. The Hall–Kier alpha value is -0.970. The SMILES string of the molecule is CCCNCc1ccc(F)c(COC(C)COCC)c1. The molecule has 0 aromatic heterocycles. The van der Waals surface area contributed by atoms with Crippen LogP contribution in [0.25, 0.3) is 0 Å². The quantitative estimate of drug-likeness (QED) is 0.669. The molecule has 0 amide bonds. The fourth-order valence-corrected chi connectivity index (χ4v) is 1.82. The first kappa shape index (κ1) is 17.1. The zero-order valence-corrected chi connectivity index (χ0v) is 12.7. The van der Waals surface area contributed by atoms with Crippen LogP contribution in [0.3, 0.4) is 0 Å². The minimum absolute atomic E-state index is 0.0313. The van der Waals surface area contributed by atoms with Crippen LogP contribution in [0.2, 0.25) is 0 Å². The Labute approximate surface area is 121 Å². The Bertz CT molecular complexity index is 385. The van der Waals surface area contributed by atoms with E-state index in [4.69, 9.17) is 9.47 Å². The molecule has 0 aliphatic carbocycles. The first-order valence-electron chi connectivity index (χ1n) is 7.34. The van der Waals surface area contributed by atoms with Crippen molar-refractivity contribution in [2.24, 2.45) is 0 Å². The molecular formula is C16H26FNO2. The normalized spacial score (nSPS) is 12.6. The van der Waals surface area contributed by atoms with Crippen LogP contribution in [0.15, 0.2) is 18.2 Å². The standard InChI is InChI=1S/C16H26FNO2/c1-4-8-18-10-14-6-7-16(17)15(9-14)12-20-13(3)11-19-5-2/h6-7,9,13,18H,4-5,8,10-12H2,1-3H3. The molecule has 1 rings (SSSR count). The summed E-state index contributed by atoms with van der Waals surface area (Å²) < 4.78 is 24.6. The van der Waals surface area contributed by atoms with E-state index in [2.05, 4.69) is 12.2 Å². The molecule has 4 heteroatoms. The van der Waals surface area contributed by atoms with Gasteiger partial charge in [-0.2, -0.15) is 0 Å². The van der Waals surface area contributed by atoms with Crippen LogP contribution in [0, 0.1) is 5.82 Å². The molecule has 0 spiro atoms. The first-order valence-corrected chi connectivity index (χ1v) is 7.34. The number of ether oxygens (including phenoxy) is 2. The summed E-state index contributed by atoms with van der Waals surface area (Å²) in [7, 11) is 0. The molecule has 0 fully saturated rings. The molecule has 1 unspecified atom stereocenters. The Kier molecular flexibility index (Phi) is 8.42. The third kappa shape index (κ3) is 6.46. The predicted molar refractivity (Wildman–Crippen MR) is 79.1 cm³/mol. The summed E-state index contributed by atoms with van der Waals surface area (Å²) in [5.74, 6) is -0.215. The maximum absolute atomic E-state index is 13.7. The molecule has 0 bridgehead atoms. The summed E-state index contributed by atoms with van der Waals surface area (Å²) in [6.45, 7) is 9.21. The molecular weight excluding hydrogens is 257 g/mol. The second-order valence-corrected chi connectivity index (χ2v) is 4.88. The number of rotatable bonds is 10. The number of benzene rings is 1. The molecule has 1 aromatic carbocycles. The van der Waals surface area contributed by atoms with E-state index < -0.39 is 0 Å². The smallest absolute Gasteiger partial charge is 0.128 e. The fourth-order valence-electron chi connectivity index (χ4n) is 1.82. The molecule has 0 aliphatic heterocycles. The molecule has 114 valence electrons. The Morgan fingerprint density at radius 1 is 1.30 bits per heavy atom. The van der Waals surface area contributed by atoms with E-state index in [0.717, 1.165) is 25.1 Å². The first-order chi connectivity index (χ1) is 9.67. The van der Waals surface area contributed by atoms with Gasteiger partial charge in [0.1, 0.15) is 5.82 Å². The third-order valence-electron chi connectivity index (χ3n) is 2.95. The maximum Gasteiger partial charge on any atom is 0.128 e. The highest BCUT2D eigenvalue weighted by Crippen LogP contribution is 2.13. The van der Waals surface area contributed by atoms with E-state index in [1.165, 1.54) is 6.07 Å². The van der Waals surface area contributed by atoms with Crippen LogP contribution in [0.1, 0.15) is 38.3 Å². The van der Waals surface area contributed by atoms with E-state index in [1.54, 1.807) is 0 Å². The van der Waals surface area contributed by atoms with Gasteiger partial charge < -0.3 is 14.8 Å². The second-order valence-electron chi connectivity index (χ2n) is 4.88. The number of hydrogen-bond acceptors (Lipinski definition) is 3. The van der Waals surface area contributed by atoms with Crippen LogP contribution < -0.4 is 5.32 Å². The predicted octanol–water partition coefficient (Wildman–Crippen LogP) is 3.27. The summed E-state index contributed by atoms with van der Waals surface area (Å²) in [6.07, 6.45) is 1.06. The second kappa shape index (κ2) is 9.86. The molecule has 0 aliphatic rings. The number of nitrogens with one attached hydrogen (secondary N) is 1. The van der Waals surface area contributed by atoms with E-state index >= 15 is 0 Å². The Morgan fingerprint density at radius 3 is 2.80 bits per heavy atom. The van der Waals surface area contributed by atoms with Crippen LogP contribution in [-0.2, 0) is 22.6 Å². The number of halogens is 1. The van der Waals surface area contributed by atoms with Gasteiger partial charge in [-0.3, -0.25) is 0 Å². The topological polar surface area (TPSA) is 30.5 Å². The van der Waals surface area contributed by atoms with Gasteiger partial charge in [0.05, 0.1) is 19.3 Å². The van der Waals surface area contributed by atoms with Crippen molar-refractivity contribution in [1.82, 2.24) is 5.32 Å². The van der Waals surface area contributed by atoms with Crippen molar-refractivity contribution >= 4 is 0 Å². The highest BCUT2D eigenvalue weighted by molar-refractivity contribution is 5.24. The van der Waals surface area contributed by atoms with Crippen molar-refractivity contribution in [3.8, 4) is 0 Å². The van der Waals surface area contributed by atoms with Gasteiger partial charge in [-0.1, -0.05) is 13.0 Å². The van der Waals surface area contributed by atoms with Gasteiger partial charge in [0, 0.05) is 18.7 Å². The van der Waals surface area contributed by atoms with Crippen molar-refractivity contribution in [2.75, 3.05) is 19.8 Å². The molecule has 1 N–H and O–H groups in total. The number of hydrogen-bond donors (Lipinski definition) is 1. The monoisotopic (exact) mass is 283 g/mol. The highest BCUT2D eigenvalue weighted by atomic mass is 19.1. The molecule has 0 saturated carbocycles. The lowest BCUT2D eigenvalue weighted by Crippen LogP contribution is -2.17. The minimum Gasteiger partial charge on any atom is -0.379 e. The average Bonchev–Trinajstić information content (AvgIpc) is 2.45. The van der Waals surface area contributed by atoms with Gasteiger partial charge in [0.15, 0.2) is 0 Å². The lowest BCUT2D eigenvalue weighted by atomic mass is 10.1. The van der Waals surface area contributed by atoms with Gasteiger partial charge in [0.2, 0.25) is 0 Å². The summed E-state index contributed by atoms with van der Waals surface area (Å²) in [4.78, 5) is 0. The van der Waals surface area contributed by atoms with Crippen molar-refractivity contribution < 1.29 is 13.9 Å². The van der Waals surface area contributed by atoms with E-state index in [-0.39, 0.29) is 18.5 Å². The van der Waals surface area contributed by atoms with Gasteiger partial charge in [-0.15, -0.1) is 0 Å². The zero-order valence-electron chi connectivity index (χ0n) is 12.7. The summed E-state index contributed by atoms with van der Waals surface area (Å²) in [5.41, 5.74) is 1.68. The lowest BCUT2D eigenvalue weighted by Gasteiger charge is -2.14. The van der Waals surface area contributed by atoms with Gasteiger partial charge >= 0.3 is 0 Å². The van der Waals surface area contributed by atoms with E-state index in [0.29, 0.717) is 18.8 Å². The average molecular weight is 283 g/mol. The molecule has 0 radical (unpaired) electrons. The van der Waals surface area contributed by atoms with E-state index in [9.17, 15) is 4.39 Å². The molecule has 3 nitrogen and oxygen atoms in total. The fraction of sp³-hybridized carbons (Fsp3) is 0.625. The summed E-state index contributed by atoms with van der Waals surface area (Å²) >= 11 is 0. The van der Waals surface area contributed by atoms with Crippen molar-refractivity contribution in [3.05, 3.63) is 35.1 Å². The highest BCUT2D eigenvalue weighted by Gasteiger charge is 2.07. The third-order valence-corrected chi connectivity index (χ3v) is 2.95. The minimum atomic E-state index is -0.215. The van der Waals surface area contributed by atoms with Crippen molar-refractivity contribution in [1.29, 1.82) is 0 Å². The molecule has 1 atom stereocenters. The Morgan fingerprint density at radius 2 is 2.10 bits per heavy atom. The van der Waals surface area contributed by atoms with Crippen LogP contribution in [-0.4, -0.2) is 25.9 Å². The molecule has 0 heterocycles. The van der Waals surface area contributed by atoms with Crippen LogP contribution >= 0.6 is 0 Å². The zero-order chi connectivity index (χ0) is 14.8. The van der Waals surface area contributed by atoms with Crippen molar-refractivity contribution in [3.63, 3.8) is 0 Å². The van der Waals surface area contributed by atoms with Crippen LogP contribution in [0.5, 0.6) is 0 Å². The summed E-state index contributed by atoms with van der Waals surface area (Å²) in [6, 6.07) is 5.19. The van der Waals surface area contributed by atoms with Gasteiger partial charge in [-0.25, -0.2) is 4.39 Å². The van der Waals surface area contributed by atoms with Gasteiger partial charge in [0.25, 0.3) is 0 Å². The molecule has 1 aromatic rings. The largest absolute Gasteiger partial charge is 0.379 e. The van der Waals surface area contributed by atoms with E-state index in [1.807, 2.05) is 26.0 Å². The van der Waals surface area contributed by atoms with Crippen LogP contribution in [0.4, 0.5) is 4.39 Å². The summed E-state index contributed by atoms with van der Waals surface area (Å²) in [5, 5.41) is 3.31. The molecule has 0 saturated heterocycles. The van der Waals surface area contributed by atoms with Crippen molar-refractivity contribution in [2.45, 2.75) is 46.4 Å². The molecule has 20 heavy (non-hydrogen) atoms. The lowest BCUT2D eigenvalue weighted by molar-refractivity contribution is -0.0125.